The van der Waals surface area contributed by atoms with Crippen LogP contribution in [0.25, 0.3) is 0 Å². The zero-order chi connectivity index (χ0) is 14.2. The molecule has 0 bridgehead atoms. The Morgan fingerprint density at radius 1 is 1.20 bits per heavy atom. The van der Waals surface area contributed by atoms with Crippen LogP contribution in [0.2, 0.25) is 0 Å². The van der Waals surface area contributed by atoms with Gasteiger partial charge in [0.25, 0.3) is 0 Å². The number of piperidine rings is 1. The third-order valence-electron chi connectivity index (χ3n) is 3.60. The van der Waals surface area contributed by atoms with Gasteiger partial charge in [-0.05, 0) is 49.6 Å². The van der Waals surface area contributed by atoms with Crippen molar-refractivity contribution in [2.75, 3.05) is 39.5 Å². The molecule has 1 aliphatic heterocycles. The molecule has 2 rings (SSSR count). The molecule has 0 radical (unpaired) electrons. The van der Waals surface area contributed by atoms with Crippen LogP contribution in [0.4, 0.5) is 0 Å². The highest BCUT2D eigenvalue weighted by molar-refractivity contribution is 9.10. The van der Waals surface area contributed by atoms with Gasteiger partial charge in [0.15, 0.2) is 0 Å². The number of rotatable bonds is 7. The van der Waals surface area contributed by atoms with Crippen molar-refractivity contribution < 1.29 is 9.47 Å². The SMILES string of the molecule is C[C@H]1CCCN(CCOCCOc2ccc(Br)cc2)C1. The summed E-state index contributed by atoms with van der Waals surface area (Å²) in [4.78, 5) is 2.50. The second-order valence-corrected chi connectivity index (χ2v) is 6.38. The fourth-order valence-corrected chi connectivity index (χ4v) is 2.80. The topological polar surface area (TPSA) is 21.7 Å². The molecule has 0 aliphatic carbocycles. The van der Waals surface area contributed by atoms with Gasteiger partial charge in [-0.25, -0.2) is 0 Å². The van der Waals surface area contributed by atoms with Crippen LogP contribution >= 0.6 is 15.9 Å². The number of nitrogens with zero attached hydrogens (tertiary/aromatic N) is 1. The van der Waals surface area contributed by atoms with Crippen molar-refractivity contribution in [3.63, 3.8) is 0 Å². The first-order chi connectivity index (χ1) is 9.74. The number of ether oxygens (including phenoxy) is 2. The van der Waals surface area contributed by atoms with Gasteiger partial charge in [0.2, 0.25) is 0 Å². The lowest BCUT2D eigenvalue weighted by atomic mass is 10.0. The molecule has 1 aliphatic rings. The zero-order valence-electron chi connectivity index (χ0n) is 12.2. The Morgan fingerprint density at radius 2 is 2.00 bits per heavy atom. The number of benzene rings is 1. The molecule has 1 fully saturated rings. The third-order valence-corrected chi connectivity index (χ3v) is 4.13. The van der Waals surface area contributed by atoms with E-state index < -0.39 is 0 Å². The molecule has 1 aromatic rings. The number of hydrogen-bond acceptors (Lipinski definition) is 3. The molecule has 112 valence electrons. The van der Waals surface area contributed by atoms with E-state index in [4.69, 9.17) is 9.47 Å². The molecule has 0 amide bonds. The first-order valence-corrected chi connectivity index (χ1v) is 8.22. The standard InChI is InChI=1S/C16H24BrNO2/c1-14-3-2-8-18(13-14)9-10-19-11-12-20-16-6-4-15(17)5-7-16/h4-7,14H,2-3,8-13H2,1H3/t14-/m0/s1. The van der Waals surface area contributed by atoms with Gasteiger partial charge in [-0.1, -0.05) is 22.9 Å². The average molecular weight is 342 g/mol. The molecular formula is C16H24BrNO2. The van der Waals surface area contributed by atoms with E-state index in [1.165, 1.54) is 25.9 Å². The molecule has 0 saturated carbocycles. The van der Waals surface area contributed by atoms with E-state index in [2.05, 4.69) is 27.8 Å². The minimum absolute atomic E-state index is 0.609. The van der Waals surface area contributed by atoms with Gasteiger partial charge >= 0.3 is 0 Å². The Kier molecular flexibility index (Phi) is 6.83. The summed E-state index contributed by atoms with van der Waals surface area (Å²) in [5.41, 5.74) is 0. The van der Waals surface area contributed by atoms with Crippen molar-refractivity contribution in [3.8, 4) is 5.75 Å². The number of hydrogen-bond donors (Lipinski definition) is 0. The summed E-state index contributed by atoms with van der Waals surface area (Å²) in [6.45, 7) is 7.89. The first kappa shape index (κ1) is 15.8. The van der Waals surface area contributed by atoms with Crippen molar-refractivity contribution in [3.05, 3.63) is 28.7 Å². The highest BCUT2D eigenvalue weighted by Crippen LogP contribution is 2.16. The lowest BCUT2D eigenvalue weighted by Crippen LogP contribution is -2.36. The maximum absolute atomic E-state index is 5.64. The summed E-state index contributed by atoms with van der Waals surface area (Å²) in [7, 11) is 0. The molecule has 0 spiro atoms. The Balaban J connectivity index is 1.50. The van der Waals surface area contributed by atoms with E-state index in [0.29, 0.717) is 13.2 Å². The smallest absolute Gasteiger partial charge is 0.119 e. The summed E-state index contributed by atoms with van der Waals surface area (Å²) in [5, 5.41) is 0. The van der Waals surface area contributed by atoms with E-state index >= 15 is 0 Å². The first-order valence-electron chi connectivity index (χ1n) is 7.42. The molecule has 1 atom stereocenters. The Hall–Kier alpha value is -0.580. The molecule has 1 heterocycles. The summed E-state index contributed by atoms with van der Waals surface area (Å²) in [6, 6.07) is 7.87. The maximum Gasteiger partial charge on any atom is 0.119 e. The van der Waals surface area contributed by atoms with Crippen molar-refractivity contribution in [1.82, 2.24) is 4.90 Å². The fourth-order valence-electron chi connectivity index (χ4n) is 2.53. The molecule has 1 aromatic carbocycles. The summed E-state index contributed by atoms with van der Waals surface area (Å²) >= 11 is 3.40. The minimum Gasteiger partial charge on any atom is -0.491 e. The highest BCUT2D eigenvalue weighted by atomic mass is 79.9. The third kappa shape index (κ3) is 5.81. The fraction of sp³-hybridized carbons (Fsp3) is 0.625. The normalized spacial score (nSPS) is 20.0. The van der Waals surface area contributed by atoms with Gasteiger partial charge in [0.1, 0.15) is 12.4 Å². The van der Waals surface area contributed by atoms with Gasteiger partial charge < -0.3 is 14.4 Å². The van der Waals surface area contributed by atoms with E-state index in [-0.39, 0.29) is 0 Å². The van der Waals surface area contributed by atoms with E-state index in [9.17, 15) is 0 Å². The molecule has 3 nitrogen and oxygen atoms in total. The maximum atomic E-state index is 5.64. The Bertz CT molecular complexity index is 383. The van der Waals surface area contributed by atoms with Gasteiger partial charge in [0, 0.05) is 17.6 Å². The van der Waals surface area contributed by atoms with Gasteiger partial charge in [0.05, 0.1) is 13.2 Å². The quantitative estimate of drug-likeness (QED) is 0.707. The molecule has 0 N–H and O–H groups in total. The Morgan fingerprint density at radius 3 is 2.75 bits per heavy atom. The lowest BCUT2D eigenvalue weighted by Gasteiger charge is -2.30. The highest BCUT2D eigenvalue weighted by Gasteiger charge is 2.15. The monoisotopic (exact) mass is 341 g/mol. The van der Waals surface area contributed by atoms with E-state index in [1.54, 1.807) is 0 Å². The number of halogens is 1. The summed E-state index contributed by atoms with van der Waals surface area (Å²) < 4.78 is 12.3. The van der Waals surface area contributed by atoms with E-state index in [0.717, 1.165) is 29.3 Å². The van der Waals surface area contributed by atoms with Crippen molar-refractivity contribution in [1.29, 1.82) is 0 Å². The zero-order valence-corrected chi connectivity index (χ0v) is 13.8. The average Bonchev–Trinajstić information content (AvgIpc) is 2.45. The van der Waals surface area contributed by atoms with Crippen LogP contribution < -0.4 is 4.74 Å². The molecule has 1 saturated heterocycles. The van der Waals surface area contributed by atoms with Gasteiger partial charge in [-0.2, -0.15) is 0 Å². The molecule has 0 aromatic heterocycles. The van der Waals surface area contributed by atoms with Crippen LogP contribution in [-0.4, -0.2) is 44.4 Å². The van der Waals surface area contributed by atoms with Crippen LogP contribution in [-0.2, 0) is 4.74 Å². The van der Waals surface area contributed by atoms with Crippen LogP contribution in [0.15, 0.2) is 28.7 Å². The van der Waals surface area contributed by atoms with Crippen LogP contribution in [0.1, 0.15) is 19.8 Å². The minimum atomic E-state index is 0.609. The van der Waals surface area contributed by atoms with E-state index in [1.807, 2.05) is 24.3 Å². The Labute approximate surface area is 130 Å². The van der Waals surface area contributed by atoms with Crippen molar-refractivity contribution in [2.24, 2.45) is 5.92 Å². The summed E-state index contributed by atoms with van der Waals surface area (Å²) in [5.74, 6) is 1.73. The molecule has 20 heavy (non-hydrogen) atoms. The molecular weight excluding hydrogens is 318 g/mol. The predicted molar refractivity (Wildman–Crippen MR) is 85.3 cm³/mol. The molecule has 0 unspecified atom stereocenters. The lowest BCUT2D eigenvalue weighted by molar-refractivity contribution is 0.0688. The van der Waals surface area contributed by atoms with Crippen molar-refractivity contribution >= 4 is 15.9 Å². The van der Waals surface area contributed by atoms with Gasteiger partial charge in [-0.15, -0.1) is 0 Å². The summed E-state index contributed by atoms with van der Waals surface area (Å²) in [6.07, 6.45) is 2.70. The van der Waals surface area contributed by atoms with Crippen LogP contribution in [0.3, 0.4) is 0 Å². The largest absolute Gasteiger partial charge is 0.491 e. The van der Waals surface area contributed by atoms with Crippen LogP contribution in [0.5, 0.6) is 5.75 Å². The van der Waals surface area contributed by atoms with Gasteiger partial charge in [-0.3, -0.25) is 0 Å². The molecule has 4 heteroatoms. The second-order valence-electron chi connectivity index (χ2n) is 5.46. The van der Waals surface area contributed by atoms with Crippen molar-refractivity contribution in [2.45, 2.75) is 19.8 Å². The predicted octanol–water partition coefficient (Wildman–Crippen LogP) is 3.58. The van der Waals surface area contributed by atoms with Crippen LogP contribution in [0, 0.1) is 5.92 Å². The number of likely N-dealkylation sites (tertiary alicyclic amines) is 1. The second kappa shape index (κ2) is 8.65.